The van der Waals surface area contributed by atoms with Crippen LogP contribution in [0.2, 0.25) is 0 Å². The molecule has 0 fully saturated rings. The molecule has 0 aromatic carbocycles. The molecular weight excluding hydrogens is 673 g/mol. The Kier molecular flexibility index (Phi) is 40.1. The smallest absolute Gasteiger partial charge is 0.472 e. The van der Waals surface area contributed by atoms with Gasteiger partial charge in [0, 0.05) is 13.0 Å². The van der Waals surface area contributed by atoms with Crippen LogP contribution in [-0.4, -0.2) is 43.3 Å². The first kappa shape index (κ1) is 50.8. The lowest BCUT2D eigenvalue weighted by Crippen LogP contribution is -2.25. The molecule has 0 bridgehead atoms. The summed E-state index contributed by atoms with van der Waals surface area (Å²) in [6.45, 7) is 4.23. The van der Waals surface area contributed by atoms with Gasteiger partial charge in [-0.1, -0.05) is 174 Å². The molecule has 0 radical (unpaired) electrons. The highest BCUT2D eigenvalue weighted by Crippen LogP contribution is 2.43. The number of hydrogen-bond acceptors (Lipinski definition) is 7. The Morgan fingerprint density at radius 2 is 0.981 bits per heavy atom. The molecule has 2 atom stereocenters. The summed E-state index contributed by atoms with van der Waals surface area (Å²) >= 11 is 0. The van der Waals surface area contributed by atoms with E-state index in [-0.39, 0.29) is 32.3 Å². The van der Waals surface area contributed by atoms with Crippen molar-refractivity contribution in [3.63, 3.8) is 0 Å². The summed E-state index contributed by atoms with van der Waals surface area (Å²) in [5.74, 6) is -0.292. The predicted molar refractivity (Wildman–Crippen MR) is 219 cm³/mol. The zero-order valence-corrected chi connectivity index (χ0v) is 35.0. The van der Waals surface area contributed by atoms with Crippen LogP contribution in [0.4, 0.5) is 0 Å². The number of allylic oxidation sites excluding steroid dienone is 3. The summed E-state index contributed by atoms with van der Waals surface area (Å²) in [7, 11) is -4.26. The number of phosphoric acid groups is 1. The molecule has 0 saturated carbocycles. The van der Waals surface area contributed by atoms with E-state index in [1.54, 1.807) is 6.26 Å². The summed E-state index contributed by atoms with van der Waals surface area (Å²) in [5.41, 5.74) is 5.36. The van der Waals surface area contributed by atoms with Crippen molar-refractivity contribution >= 4 is 13.8 Å². The van der Waals surface area contributed by atoms with Crippen molar-refractivity contribution in [1.82, 2.24) is 0 Å². The van der Waals surface area contributed by atoms with Crippen molar-refractivity contribution in [3.05, 3.63) is 24.5 Å². The van der Waals surface area contributed by atoms with Crippen molar-refractivity contribution in [2.24, 2.45) is 5.73 Å². The number of carbonyl (C=O) groups excluding carboxylic acids is 1. The average Bonchev–Trinajstić information content (AvgIpc) is 3.14. The first-order chi connectivity index (χ1) is 25.4. The van der Waals surface area contributed by atoms with Gasteiger partial charge in [-0.15, -0.1) is 0 Å². The lowest BCUT2D eigenvalue weighted by atomic mass is 10.0. The van der Waals surface area contributed by atoms with Crippen LogP contribution in [0.1, 0.15) is 213 Å². The summed E-state index contributed by atoms with van der Waals surface area (Å²) in [4.78, 5) is 22.3. The molecule has 0 rings (SSSR count). The maximum absolute atomic E-state index is 12.4. The lowest BCUT2D eigenvalue weighted by Gasteiger charge is -2.19. The van der Waals surface area contributed by atoms with Gasteiger partial charge in [-0.3, -0.25) is 13.8 Å². The van der Waals surface area contributed by atoms with Gasteiger partial charge in [-0.05, 0) is 51.0 Å². The zero-order chi connectivity index (χ0) is 38.1. The van der Waals surface area contributed by atoms with Gasteiger partial charge in [-0.25, -0.2) is 4.57 Å². The van der Waals surface area contributed by atoms with Crippen LogP contribution in [0.5, 0.6) is 0 Å². The van der Waals surface area contributed by atoms with E-state index in [1.807, 2.05) is 6.08 Å². The highest BCUT2D eigenvalue weighted by molar-refractivity contribution is 7.47. The first-order valence-corrected chi connectivity index (χ1v) is 23.4. The highest BCUT2D eigenvalue weighted by Gasteiger charge is 2.24. The van der Waals surface area contributed by atoms with Gasteiger partial charge in [0.1, 0.15) is 6.61 Å². The second-order valence-electron chi connectivity index (χ2n) is 14.6. The van der Waals surface area contributed by atoms with Crippen molar-refractivity contribution in [2.75, 3.05) is 26.4 Å². The topological polar surface area (TPSA) is 117 Å². The molecule has 3 N–H and O–H groups in total. The van der Waals surface area contributed by atoms with Crippen molar-refractivity contribution in [1.29, 1.82) is 0 Å². The predicted octanol–water partition coefficient (Wildman–Crippen LogP) is 13.2. The Morgan fingerprint density at radius 1 is 0.577 bits per heavy atom. The number of carbonyl (C=O) groups is 1. The van der Waals surface area contributed by atoms with E-state index < -0.39 is 13.9 Å². The zero-order valence-electron chi connectivity index (χ0n) is 34.1. The number of phosphoric ester groups is 1. The van der Waals surface area contributed by atoms with Crippen molar-refractivity contribution in [3.8, 4) is 0 Å². The second-order valence-corrected chi connectivity index (χ2v) is 16.1. The van der Waals surface area contributed by atoms with Crippen molar-refractivity contribution < 1.29 is 32.8 Å². The van der Waals surface area contributed by atoms with Gasteiger partial charge in [0.15, 0.2) is 6.10 Å². The number of unbranched alkanes of at least 4 members (excludes halogenated alkanes) is 27. The summed E-state index contributed by atoms with van der Waals surface area (Å²) in [6, 6.07) is 0. The molecule has 0 aliphatic carbocycles. The molecule has 0 amide bonds. The first-order valence-electron chi connectivity index (χ1n) is 21.9. The third-order valence-electron chi connectivity index (χ3n) is 9.46. The van der Waals surface area contributed by atoms with Gasteiger partial charge in [0.25, 0.3) is 0 Å². The minimum atomic E-state index is -4.26. The van der Waals surface area contributed by atoms with Gasteiger partial charge in [-0.2, -0.15) is 0 Å². The van der Waals surface area contributed by atoms with Crippen LogP contribution in [0.25, 0.3) is 0 Å². The van der Waals surface area contributed by atoms with Gasteiger partial charge in [0.05, 0.1) is 19.5 Å². The quantitative estimate of drug-likeness (QED) is 0.0208. The van der Waals surface area contributed by atoms with Crippen LogP contribution >= 0.6 is 7.82 Å². The Labute approximate surface area is 321 Å². The van der Waals surface area contributed by atoms with E-state index in [4.69, 9.17) is 24.3 Å². The van der Waals surface area contributed by atoms with E-state index in [1.165, 1.54) is 161 Å². The van der Waals surface area contributed by atoms with E-state index >= 15 is 0 Å². The molecule has 0 aliphatic heterocycles. The average molecular weight is 758 g/mol. The van der Waals surface area contributed by atoms with E-state index in [2.05, 4.69) is 26.0 Å². The fourth-order valence-electron chi connectivity index (χ4n) is 6.15. The molecule has 0 saturated heterocycles. The molecule has 2 unspecified atom stereocenters. The highest BCUT2D eigenvalue weighted by atomic mass is 31.2. The standard InChI is InChI=1S/C43H84NO7P/c1-3-5-7-9-11-13-15-17-19-21-22-24-26-28-30-32-34-36-43(45)49-40-42(41-51-52(46,47)50-39-37-44)48-38-35-33-31-29-27-25-23-20-18-16-14-12-10-8-6-4-2/h17,19,35,38,42H,3-16,18,20-34,36-37,39-41,44H2,1-2H3,(H,46,47). The summed E-state index contributed by atoms with van der Waals surface area (Å²) in [5, 5.41) is 0. The normalized spacial score (nSPS) is 13.6. The van der Waals surface area contributed by atoms with Gasteiger partial charge < -0.3 is 20.1 Å². The SMILES string of the molecule is CCCCCCCCC=CCCCCCCCCCC(=O)OCC(COP(=O)(O)OCCN)OC=CCCCCCCCCCCCCCCCC. The fraction of sp³-hybridized carbons (Fsp3) is 0.884. The molecule has 52 heavy (non-hydrogen) atoms. The molecule has 308 valence electrons. The molecule has 0 aliphatic rings. The lowest BCUT2D eigenvalue weighted by molar-refractivity contribution is -0.147. The number of esters is 1. The molecule has 0 heterocycles. The molecule has 0 aromatic rings. The minimum absolute atomic E-state index is 0.0632. The molecule has 8 nitrogen and oxygen atoms in total. The molecule has 0 spiro atoms. The summed E-state index contributed by atoms with van der Waals surface area (Å²) in [6.07, 6.45) is 45.8. The van der Waals surface area contributed by atoms with Crippen molar-refractivity contribution in [2.45, 2.75) is 219 Å². The maximum Gasteiger partial charge on any atom is 0.472 e. The van der Waals surface area contributed by atoms with Crippen LogP contribution < -0.4 is 5.73 Å². The van der Waals surface area contributed by atoms with Crippen LogP contribution in [0.3, 0.4) is 0 Å². The monoisotopic (exact) mass is 758 g/mol. The number of nitrogens with two attached hydrogens (primary N) is 1. The van der Waals surface area contributed by atoms with E-state index in [0.717, 1.165) is 32.1 Å². The number of ether oxygens (including phenoxy) is 2. The maximum atomic E-state index is 12.4. The number of hydrogen-bond donors (Lipinski definition) is 2. The molecule has 0 aromatic heterocycles. The Hall–Kier alpha value is -1.18. The Bertz CT molecular complexity index is 853. The third-order valence-corrected chi connectivity index (χ3v) is 10.4. The van der Waals surface area contributed by atoms with Gasteiger partial charge in [0.2, 0.25) is 0 Å². The fourth-order valence-corrected chi connectivity index (χ4v) is 6.92. The Morgan fingerprint density at radius 3 is 1.42 bits per heavy atom. The minimum Gasteiger partial charge on any atom is -0.492 e. The second kappa shape index (κ2) is 41.0. The molecule has 9 heteroatoms. The third kappa shape index (κ3) is 40.0. The summed E-state index contributed by atoms with van der Waals surface area (Å²) < 4.78 is 33.2. The Balaban J connectivity index is 4.05. The molecular formula is C43H84NO7P. The largest absolute Gasteiger partial charge is 0.492 e. The van der Waals surface area contributed by atoms with E-state index in [9.17, 15) is 14.3 Å². The van der Waals surface area contributed by atoms with E-state index in [0.29, 0.717) is 6.42 Å². The van der Waals surface area contributed by atoms with Crippen LogP contribution in [-0.2, 0) is 27.9 Å². The van der Waals surface area contributed by atoms with Crippen LogP contribution in [0, 0.1) is 0 Å². The van der Waals surface area contributed by atoms with Gasteiger partial charge >= 0.3 is 13.8 Å². The number of rotatable bonds is 42. The van der Waals surface area contributed by atoms with Crippen LogP contribution in [0.15, 0.2) is 24.5 Å².